The Labute approximate surface area is 250 Å². The third-order valence-electron chi connectivity index (χ3n) is 7.27. The SMILES string of the molecule is CO[C@H]1[C@@H](S)O[C@@H]2COC(c3ccccc3)O[C@@H]2C1(c1cc(Cl)cnc1C#N)n1cc(-c2ccc(Cl)c(F)c2)nn1. The van der Waals surface area contributed by atoms with Gasteiger partial charge in [0.2, 0.25) is 0 Å². The summed E-state index contributed by atoms with van der Waals surface area (Å²) >= 11 is 17.1. The molecule has 41 heavy (non-hydrogen) atoms. The van der Waals surface area contributed by atoms with Gasteiger partial charge in [-0.2, -0.15) is 5.26 Å². The Morgan fingerprint density at radius 1 is 1.17 bits per heavy atom. The quantitative estimate of drug-likeness (QED) is 0.307. The van der Waals surface area contributed by atoms with Gasteiger partial charge in [-0.15, -0.1) is 17.7 Å². The highest BCUT2D eigenvalue weighted by molar-refractivity contribution is 7.80. The van der Waals surface area contributed by atoms with Gasteiger partial charge in [-0.3, -0.25) is 0 Å². The number of pyridine rings is 1. The van der Waals surface area contributed by atoms with Crippen molar-refractivity contribution in [2.24, 2.45) is 0 Å². The van der Waals surface area contributed by atoms with Crippen molar-refractivity contribution in [2.45, 2.75) is 35.6 Å². The van der Waals surface area contributed by atoms with E-state index in [0.717, 1.165) is 5.56 Å². The number of rotatable bonds is 5. The van der Waals surface area contributed by atoms with Crippen molar-refractivity contribution in [2.75, 3.05) is 13.7 Å². The number of nitriles is 1. The molecule has 0 N–H and O–H groups in total. The fraction of sp³-hybridized carbons (Fsp3) is 0.286. The first-order valence-electron chi connectivity index (χ1n) is 12.5. The van der Waals surface area contributed by atoms with Gasteiger partial charge in [-0.05, 0) is 18.2 Å². The van der Waals surface area contributed by atoms with Crippen molar-refractivity contribution in [3.63, 3.8) is 0 Å². The van der Waals surface area contributed by atoms with Crippen LogP contribution in [0.1, 0.15) is 23.1 Å². The topological polar surface area (TPSA) is 104 Å². The molecule has 0 bridgehead atoms. The summed E-state index contributed by atoms with van der Waals surface area (Å²) in [5.74, 6) is -0.603. The van der Waals surface area contributed by atoms with Crippen molar-refractivity contribution in [1.82, 2.24) is 20.0 Å². The molecule has 13 heteroatoms. The summed E-state index contributed by atoms with van der Waals surface area (Å²) in [5.41, 5.74) is -0.278. The lowest BCUT2D eigenvalue weighted by Gasteiger charge is -2.55. The number of benzene rings is 2. The standard InChI is InChI=1S/C28H22Cl2FN5O4S/c1-37-25-27(41)39-23-14-38-26(15-5-3-2-4-6-15)40-24(23)28(25,18-10-17(29)12-33-21(18)11-32)36-13-22(34-35-36)16-7-8-19(30)20(31)9-16/h2-10,12-13,23-27,41H,14H2,1H3/t23-,24+,25+,26?,27-,28?/m1/s1. The van der Waals surface area contributed by atoms with Crippen LogP contribution in [-0.2, 0) is 24.5 Å². The maximum absolute atomic E-state index is 14.4. The largest absolute Gasteiger partial charge is 0.375 e. The van der Waals surface area contributed by atoms with E-state index in [-0.39, 0.29) is 22.3 Å². The second-order valence-electron chi connectivity index (χ2n) is 9.52. The van der Waals surface area contributed by atoms with Gasteiger partial charge in [0, 0.05) is 30.0 Å². The minimum Gasteiger partial charge on any atom is -0.375 e. The molecular weight excluding hydrogens is 592 g/mol. The molecule has 2 saturated heterocycles. The van der Waals surface area contributed by atoms with Crippen molar-refractivity contribution in [3.05, 3.63) is 99.7 Å². The minimum atomic E-state index is -1.44. The Morgan fingerprint density at radius 2 is 1.98 bits per heavy atom. The first kappa shape index (κ1) is 28.1. The molecule has 2 aromatic carbocycles. The average molecular weight is 614 g/mol. The van der Waals surface area contributed by atoms with Crippen LogP contribution < -0.4 is 0 Å². The maximum atomic E-state index is 14.4. The summed E-state index contributed by atoms with van der Waals surface area (Å²) in [6.07, 6.45) is -0.204. The molecule has 0 saturated carbocycles. The lowest BCUT2D eigenvalue weighted by atomic mass is 9.74. The number of aromatic nitrogens is 4. The molecule has 2 aliphatic rings. The highest BCUT2D eigenvalue weighted by Gasteiger charge is 2.63. The minimum absolute atomic E-state index is 0.0199. The van der Waals surface area contributed by atoms with Crippen molar-refractivity contribution in [3.8, 4) is 17.3 Å². The van der Waals surface area contributed by atoms with E-state index in [1.54, 1.807) is 18.3 Å². The lowest BCUT2D eigenvalue weighted by molar-refractivity contribution is -0.323. The molecule has 9 nitrogen and oxygen atoms in total. The Bertz CT molecular complexity index is 1620. The van der Waals surface area contributed by atoms with Crippen LogP contribution in [-0.4, -0.2) is 57.4 Å². The third kappa shape index (κ3) is 4.79. The number of nitrogens with zero attached hydrogens (tertiary/aromatic N) is 5. The predicted octanol–water partition coefficient (Wildman–Crippen LogP) is 5.19. The molecule has 0 aliphatic carbocycles. The van der Waals surface area contributed by atoms with Gasteiger partial charge in [0.15, 0.2) is 11.8 Å². The molecule has 2 aromatic heterocycles. The summed E-state index contributed by atoms with van der Waals surface area (Å²) in [6, 6.07) is 17.5. The normalized spacial score (nSPS) is 27.7. The summed E-state index contributed by atoms with van der Waals surface area (Å²) in [7, 11) is 1.50. The van der Waals surface area contributed by atoms with Gasteiger partial charge in [0.25, 0.3) is 0 Å². The predicted molar refractivity (Wildman–Crippen MR) is 150 cm³/mol. The van der Waals surface area contributed by atoms with Crippen LogP contribution in [0.25, 0.3) is 11.3 Å². The summed E-state index contributed by atoms with van der Waals surface area (Å²) < 4.78 is 40.9. The van der Waals surface area contributed by atoms with Crippen molar-refractivity contribution >= 4 is 35.8 Å². The van der Waals surface area contributed by atoms with Crippen LogP contribution >= 0.6 is 35.8 Å². The van der Waals surface area contributed by atoms with Crippen molar-refractivity contribution < 1.29 is 23.3 Å². The monoisotopic (exact) mass is 613 g/mol. The number of hydrogen-bond acceptors (Lipinski definition) is 9. The molecule has 4 heterocycles. The van der Waals surface area contributed by atoms with E-state index in [9.17, 15) is 9.65 Å². The Balaban J connectivity index is 1.60. The van der Waals surface area contributed by atoms with Gasteiger partial charge >= 0.3 is 0 Å². The number of methoxy groups -OCH3 is 1. The molecule has 210 valence electrons. The molecule has 2 aliphatic heterocycles. The zero-order chi connectivity index (χ0) is 28.7. The van der Waals surface area contributed by atoms with Crippen LogP contribution in [0.2, 0.25) is 10.0 Å². The molecule has 6 rings (SSSR count). The van der Waals surface area contributed by atoms with Crippen LogP contribution in [0.4, 0.5) is 4.39 Å². The van der Waals surface area contributed by atoms with Gasteiger partial charge in [0.05, 0.1) is 22.8 Å². The number of halogens is 3. The van der Waals surface area contributed by atoms with E-state index in [4.69, 9.17) is 54.8 Å². The summed E-state index contributed by atoms with van der Waals surface area (Å²) in [5, 5.41) is 19.3. The Morgan fingerprint density at radius 3 is 2.71 bits per heavy atom. The smallest absolute Gasteiger partial charge is 0.184 e. The zero-order valence-electron chi connectivity index (χ0n) is 21.4. The van der Waals surface area contributed by atoms with Crippen LogP contribution in [0.15, 0.2) is 67.0 Å². The number of fused-ring (bicyclic) bond motifs is 1. The molecule has 0 spiro atoms. The van der Waals surface area contributed by atoms with E-state index < -0.39 is 41.4 Å². The van der Waals surface area contributed by atoms with E-state index in [0.29, 0.717) is 16.8 Å². The average Bonchev–Trinajstić information content (AvgIpc) is 3.49. The first-order valence-corrected chi connectivity index (χ1v) is 13.8. The highest BCUT2D eigenvalue weighted by atomic mass is 35.5. The number of hydrogen-bond donors (Lipinski definition) is 1. The second kappa shape index (κ2) is 11.3. The number of thiol groups is 1. The van der Waals surface area contributed by atoms with Crippen LogP contribution in [0, 0.1) is 17.1 Å². The molecule has 0 amide bonds. The third-order valence-corrected chi connectivity index (χ3v) is 8.17. The van der Waals surface area contributed by atoms with E-state index in [1.807, 2.05) is 30.3 Å². The van der Waals surface area contributed by atoms with E-state index in [1.165, 1.54) is 30.1 Å². The van der Waals surface area contributed by atoms with Gasteiger partial charge in [-0.25, -0.2) is 14.1 Å². The van der Waals surface area contributed by atoms with E-state index >= 15 is 0 Å². The maximum Gasteiger partial charge on any atom is 0.184 e. The van der Waals surface area contributed by atoms with Gasteiger partial charge in [0.1, 0.15) is 47.0 Å². The summed E-state index contributed by atoms with van der Waals surface area (Å²) in [6.45, 7) is 0.138. The van der Waals surface area contributed by atoms with Crippen LogP contribution in [0.3, 0.4) is 0 Å². The van der Waals surface area contributed by atoms with Gasteiger partial charge in [-0.1, -0.05) is 64.8 Å². The lowest BCUT2D eigenvalue weighted by Crippen LogP contribution is -2.70. The molecule has 0 radical (unpaired) electrons. The number of ether oxygens (including phenoxy) is 4. The molecule has 6 atom stereocenters. The summed E-state index contributed by atoms with van der Waals surface area (Å²) in [4.78, 5) is 4.31. The Kier molecular flexibility index (Phi) is 7.74. The zero-order valence-corrected chi connectivity index (χ0v) is 23.8. The van der Waals surface area contributed by atoms with Crippen LogP contribution in [0.5, 0.6) is 0 Å². The molecule has 4 aromatic rings. The Hall–Kier alpha value is -3.08. The molecule has 2 fully saturated rings. The first-order chi connectivity index (χ1) is 19.9. The molecular formula is C28H22Cl2FN5O4S. The fourth-order valence-electron chi connectivity index (χ4n) is 5.49. The van der Waals surface area contributed by atoms with E-state index in [2.05, 4.69) is 21.4 Å². The van der Waals surface area contributed by atoms with Crippen molar-refractivity contribution in [1.29, 1.82) is 5.26 Å². The second-order valence-corrected chi connectivity index (χ2v) is 10.9. The van der Waals surface area contributed by atoms with Gasteiger partial charge < -0.3 is 18.9 Å². The molecule has 2 unspecified atom stereocenters. The fourth-order valence-corrected chi connectivity index (χ4v) is 6.28. The highest BCUT2D eigenvalue weighted by Crippen LogP contribution is 2.49.